The average molecular weight is 334 g/mol. The maximum absolute atomic E-state index is 12.7. The molecule has 0 unspecified atom stereocenters. The summed E-state index contributed by atoms with van der Waals surface area (Å²) in [5.74, 6) is -0.258. The molecule has 0 spiro atoms. The lowest BCUT2D eigenvalue weighted by molar-refractivity contribution is -0.137. The highest BCUT2D eigenvalue weighted by Crippen LogP contribution is 2.29. The van der Waals surface area contributed by atoms with Gasteiger partial charge in [-0.05, 0) is 24.3 Å². The summed E-state index contributed by atoms with van der Waals surface area (Å²) in [7, 11) is 0. The zero-order valence-electron chi connectivity index (χ0n) is 12.4. The van der Waals surface area contributed by atoms with Gasteiger partial charge in [0, 0.05) is 37.8 Å². The molecule has 0 saturated carbocycles. The Bertz CT molecular complexity index is 859. The number of aromatic nitrogens is 3. The molecule has 0 atom stereocenters. The normalized spacial score (nSPS) is 11.6. The first kappa shape index (κ1) is 16.0. The third kappa shape index (κ3) is 3.53. The Balaban J connectivity index is 1.64. The Kier molecular flexibility index (Phi) is 4.20. The van der Waals surface area contributed by atoms with Gasteiger partial charge in [0.2, 0.25) is 0 Å². The van der Waals surface area contributed by atoms with E-state index in [0.29, 0.717) is 29.9 Å². The number of rotatable bonds is 4. The predicted molar refractivity (Wildman–Crippen MR) is 80.5 cm³/mol. The molecule has 124 valence electrons. The van der Waals surface area contributed by atoms with Crippen molar-refractivity contribution in [3.63, 3.8) is 0 Å². The van der Waals surface area contributed by atoms with Gasteiger partial charge in [0.1, 0.15) is 5.65 Å². The van der Waals surface area contributed by atoms with Crippen LogP contribution in [0.25, 0.3) is 5.65 Å². The number of hydrogen-bond donors (Lipinski definition) is 1. The van der Waals surface area contributed by atoms with E-state index in [4.69, 9.17) is 0 Å². The Morgan fingerprint density at radius 1 is 1.21 bits per heavy atom. The van der Waals surface area contributed by atoms with E-state index in [0.717, 1.165) is 12.3 Å². The first-order chi connectivity index (χ1) is 11.4. The van der Waals surface area contributed by atoms with Crippen LogP contribution in [0.15, 0.2) is 49.1 Å². The van der Waals surface area contributed by atoms with Crippen molar-refractivity contribution in [2.24, 2.45) is 0 Å². The van der Waals surface area contributed by atoms with E-state index in [1.807, 2.05) is 0 Å². The monoisotopic (exact) mass is 334 g/mol. The minimum absolute atomic E-state index is 0.258. The molecule has 3 aromatic heterocycles. The Labute approximate surface area is 135 Å². The minimum atomic E-state index is -4.39. The Morgan fingerprint density at radius 2 is 2.04 bits per heavy atom. The van der Waals surface area contributed by atoms with Gasteiger partial charge in [0.15, 0.2) is 0 Å². The molecule has 0 radical (unpaired) electrons. The maximum atomic E-state index is 12.7. The predicted octanol–water partition coefficient (Wildman–Crippen LogP) is 2.72. The molecule has 1 N–H and O–H groups in total. The van der Waals surface area contributed by atoms with Gasteiger partial charge < -0.3 is 9.72 Å². The molecule has 0 aliphatic rings. The molecular weight excluding hydrogens is 321 g/mol. The zero-order valence-corrected chi connectivity index (χ0v) is 12.4. The van der Waals surface area contributed by atoms with Crippen LogP contribution >= 0.6 is 0 Å². The fraction of sp³-hybridized carbons (Fsp3) is 0.188. The summed E-state index contributed by atoms with van der Waals surface area (Å²) >= 11 is 0. The van der Waals surface area contributed by atoms with Crippen molar-refractivity contribution < 1.29 is 18.0 Å². The number of nitrogens with zero attached hydrogens (tertiary/aromatic N) is 3. The third-order valence-corrected chi connectivity index (χ3v) is 3.42. The SMILES string of the molecule is O=C(NCCc1cn2cc(C(F)(F)F)ccc2n1)c1cccnc1. The highest BCUT2D eigenvalue weighted by Gasteiger charge is 2.30. The van der Waals surface area contributed by atoms with Crippen molar-refractivity contribution in [2.75, 3.05) is 6.54 Å². The second-order valence-corrected chi connectivity index (χ2v) is 5.16. The zero-order chi connectivity index (χ0) is 17.2. The van der Waals surface area contributed by atoms with Crippen molar-refractivity contribution in [1.29, 1.82) is 0 Å². The van der Waals surface area contributed by atoms with Crippen LogP contribution < -0.4 is 5.32 Å². The van der Waals surface area contributed by atoms with Crippen molar-refractivity contribution in [3.8, 4) is 0 Å². The summed E-state index contributed by atoms with van der Waals surface area (Å²) in [6, 6.07) is 5.62. The molecule has 5 nitrogen and oxygen atoms in total. The van der Waals surface area contributed by atoms with Gasteiger partial charge in [0.25, 0.3) is 5.91 Å². The van der Waals surface area contributed by atoms with Crippen LogP contribution in [0.4, 0.5) is 13.2 Å². The van der Waals surface area contributed by atoms with Crippen LogP contribution in [0.1, 0.15) is 21.6 Å². The van der Waals surface area contributed by atoms with Crippen molar-refractivity contribution in [2.45, 2.75) is 12.6 Å². The first-order valence-corrected chi connectivity index (χ1v) is 7.16. The number of amides is 1. The van der Waals surface area contributed by atoms with Gasteiger partial charge in [-0.25, -0.2) is 4.98 Å². The number of imidazole rings is 1. The van der Waals surface area contributed by atoms with Crippen LogP contribution in [0.3, 0.4) is 0 Å². The molecule has 3 heterocycles. The lowest BCUT2D eigenvalue weighted by atomic mass is 10.2. The summed E-state index contributed by atoms with van der Waals surface area (Å²) in [4.78, 5) is 20.0. The number of halogens is 3. The van der Waals surface area contributed by atoms with Crippen LogP contribution in [0, 0.1) is 0 Å². The van der Waals surface area contributed by atoms with Gasteiger partial charge in [-0.15, -0.1) is 0 Å². The maximum Gasteiger partial charge on any atom is 0.417 e. The summed E-state index contributed by atoms with van der Waals surface area (Å²) in [5, 5.41) is 2.72. The number of carbonyl (C=O) groups is 1. The highest BCUT2D eigenvalue weighted by molar-refractivity contribution is 5.93. The minimum Gasteiger partial charge on any atom is -0.352 e. The second-order valence-electron chi connectivity index (χ2n) is 5.16. The number of nitrogens with one attached hydrogen (secondary N) is 1. The molecule has 8 heteroatoms. The Morgan fingerprint density at radius 3 is 2.75 bits per heavy atom. The molecule has 0 fully saturated rings. The van der Waals surface area contributed by atoms with E-state index in [-0.39, 0.29) is 5.91 Å². The Hall–Kier alpha value is -2.90. The molecule has 0 aliphatic heterocycles. The van der Waals surface area contributed by atoms with Gasteiger partial charge in [-0.3, -0.25) is 9.78 Å². The van der Waals surface area contributed by atoms with Crippen molar-refractivity contribution in [1.82, 2.24) is 19.7 Å². The van der Waals surface area contributed by atoms with E-state index in [2.05, 4.69) is 15.3 Å². The molecule has 3 rings (SSSR count). The summed E-state index contributed by atoms with van der Waals surface area (Å²) < 4.78 is 39.4. The second kappa shape index (κ2) is 6.31. The topological polar surface area (TPSA) is 59.3 Å². The largest absolute Gasteiger partial charge is 0.417 e. The molecule has 3 aromatic rings. The van der Waals surface area contributed by atoms with Crippen molar-refractivity contribution in [3.05, 3.63) is 65.9 Å². The van der Waals surface area contributed by atoms with E-state index >= 15 is 0 Å². The van der Waals surface area contributed by atoms with E-state index < -0.39 is 11.7 Å². The first-order valence-electron chi connectivity index (χ1n) is 7.16. The third-order valence-electron chi connectivity index (χ3n) is 3.42. The van der Waals surface area contributed by atoms with Gasteiger partial charge in [-0.2, -0.15) is 13.2 Å². The number of pyridine rings is 2. The van der Waals surface area contributed by atoms with Crippen LogP contribution in [-0.4, -0.2) is 26.8 Å². The molecule has 0 bridgehead atoms. The number of hydrogen-bond acceptors (Lipinski definition) is 3. The van der Waals surface area contributed by atoms with Gasteiger partial charge in [-0.1, -0.05) is 0 Å². The van der Waals surface area contributed by atoms with Crippen LogP contribution in [0.5, 0.6) is 0 Å². The lowest BCUT2D eigenvalue weighted by Crippen LogP contribution is -2.25. The van der Waals surface area contributed by atoms with E-state index in [9.17, 15) is 18.0 Å². The standard InChI is InChI=1S/C16H13F3N4O/c17-16(18,19)12-3-4-14-22-13(10-23(14)9-12)5-7-21-15(24)11-2-1-6-20-8-11/h1-4,6,8-10H,5,7H2,(H,21,24). The summed E-state index contributed by atoms with van der Waals surface area (Å²) in [6.07, 6.45) is 1.58. The molecule has 0 aromatic carbocycles. The lowest BCUT2D eigenvalue weighted by Gasteiger charge is -2.05. The highest BCUT2D eigenvalue weighted by atomic mass is 19.4. The molecule has 24 heavy (non-hydrogen) atoms. The fourth-order valence-electron chi connectivity index (χ4n) is 2.24. The van der Waals surface area contributed by atoms with Gasteiger partial charge >= 0.3 is 6.18 Å². The van der Waals surface area contributed by atoms with Crippen LogP contribution in [-0.2, 0) is 12.6 Å². The molecule has 0 aliphatic carbocycles. The van der Waals surface area contributed by atoms with Gasteiger partial charge in [0.05, 0.1) is 16.8 Å². The quantitative estimate of drug-likeness (QED) is 0.798. The number of alkyl halides is 3. The fourth-order valence-corrected chi connectivity index (χ4v) is 2.24. The molecular formula is C16H13F3N4O. The van der Waals surface area contributed by atoms with E-state index in [1.54, 1.807) is 18.3 Å². The molecule has 1 amide bonds. The number of carbonyl (C=O) groups excluding carboxylic acids is 1. The summed E-state index contributed by atoms with van der Waals surface area (Å²) in [6.45, 7) is 0.323. The molecule has 0 saturated heterocycles. The van der Waals surface area contributed by atoms with E-state index in [1.165, 1.54) is 22.9 Å². The smallest absolute Gasteiger partial charge is 0.352 e. The van der Waals surface area contributed by atoms with Crippen molar-refractivity contribution >= 4 is 11.6 Å². The summed E-state index contributed by atoms with van der Waals surface area (Å²) in [5.41, 5.74) is 0.739. The average Bonchev–Trinajstić information content (AvgIpc) is 2.96. The number of fused-ring (bicyclic) bond motifs is 1. The van der Waals surface area contributed by atoms with Crippen LogP contribution in [0.2, 0.25) is 0 Å².